The molecular formula is C50H46Br4N2O2. The lowest BCUT2D eigenvalue weighted by Gasteiger charge is -2.15. The van der Waals surface area contributed by atoms with Gasteiger partial charge < -0.3 is 9.47 Å². The van der Waals surface area contributed by atoms with Crippen molar-refractivity contribution in [2.45, 2.75) is 38.5 Å². The lowest BCUT2D eigenvalue weighted by atomic mass is 9.94. The molecule has 0 saturated heterocycles. The molecule has 0 N–H and O–H groups in total. The first-order chi connectivity index (χ1) is 26.7. The highest BCUT2D eigenvalue weighted by Gasteiger charge is 2.11. The van der Waals surface area contributed by atoms with E-state index in [1.165, 1.54) is 48.7 Å². The minimum absolute atomic E-state index is 0. The number of rotatable bonds is 13. The van der Waals surface area contributed by atoms with Gasteiger partial charge in [0.15, 0.2) is 0 Å². The Morgan fingerprint density at radius 1 is 0.362 bits per heavy atom. The highest BCUT2D eigenvalue weighted by molar-refractivity contribution is 8.93. The van der Waals surface area contributed by atoms with Crippen LogP contribution in [0, 0.1) is 0 Å². The molecule has 2 aromatic heterocycles. The van der Waals surface area contributed by atoms with Crippen molar-refractivity contribution in [2.75, 3.05) is 13.2 Å². The monoisotopic (exact) mass is 1020 g/mol. The molecule has 2 heterocycles. The normalized spacial score (nSPS) is 10.8. The number of aryl methyl sites for hydroxylation is 2. The number of hydrogen-bond acceptors (Lipinski definition) is 4. The maximum absolute atomic E-state index is 6.46. The van der Waals surface area contributed by atoms with Gasteiger partial charge in [-0.05, 0) is 143 Å². The van der Waals surface area contributed by atoms with Gasteiger partial charge in [0.2, 0.25) is 0 Å². The first-order valence-electron chi connectivity index (χ1n) is 19.2. The van der Waals surface area contributed by atoms with E-state index in [9.17, 15) is 0 Å². The van der Waals surface area contributed by atoms with Crippen LogP contribution in [0.1, 0.15) is 37.1 Å². The van der Waals surface area contributed by atoms with Crippen LogP contribution in [-0.2, 0) is 12.8 Å². The van der Waals surface area contributed by atoms with Gasteiger partial charge >= 0.3 is 0 Å². The molecule has 0 aliphatic carbocycles. The molecule has 0 aliphatic rings. The van der Waals surface area contributed by atoms with E-state index in [-0.39, 0.29) is 67.9 Å². The molecule has 8 heteroatoms. The summed E-state index contributed by atoms with van der Waals surface area (Å²) in [4.78, 5) is 9.71. The standard InChI is InChI=1S/C50H42N2O2.4BrH/c1-2-15-38-29-41-33-48-39(30-40(41)28-37(38)14-1)16-11-19-47(48)42-31-45(53-26-9-7-17-43-24-22-35-12-3-5-20-49(35)51-43)34-46(32-42)54-27-10-8-18-44-25-23-36-13-4-6-21-50(36)52-44;;;;/h1-6,11-16,19-25,28-34H,7-10,17-18,26-27H2;4*1H. The van der Waals surface area contributed by atoms with Gasteiger partial charge in [-0.25, -0.2) is 0 Å². The SMILES string of the molecule is Br.Br.Br.Br.c1ccc2cc3cc4c(-c5cc(OCCCCc6ccc7ccccc7n6)cc(OCCCCc6ccc7ccccc7n6)c5)cccc4cc3cc2c1. The Bertz CT molecular complexity index is 2670. The molecule has 0 bridgehead atoms. The van der Waals surface area contributed by atoms with E-state index in [0.29, 0.717) is 13.2 Å². The molecule has 296 valence electrons. The minimum atomic E-state index is 0. The van der Waals surface area contributed by atoms with Gasteiger partial charge in [-0.3, -0.25) is 9.97 Å². The molecule has 0 fully saturated rings. The highest BCUT2D eigenvalue weighted by atomic mass is 79.9. The summed E-state index contributed by atoms with van der Waals surface area (Å²) in [6, 6.07) is 56.0. The zero-order valence-electron chi connectivity index (χ0n) is 32.0. The average Bonchev–Trinajstić information content (AvgIpc) is 3.21. The Labute approximate surface area is 382 Å². The fourth-order valence-corrected chi connectivity index (χ4v) is 7.56. The third-order valence-electron chi connectivity index (χ3n) is 10.4. The molecule has 9 aromatic rings. The van der Waals surface area contributed by atoms with E-state index in [0.717, 1.165) is 78.0 Å². The summed E-state index contributed by atoms with van der Waals surface area (Å²) in [7, 11) is 0. The molecule has 58 heavy (non-hydrogen) atoms. The first-order valence-corrected chi connectivity index (χ1v) is 19.2. The molecule has 0 atom stereocenters. The molecule has 0 spiro atoms. The Kier molecular flexibility index (Phi) is 16.3. The maximum Gasteiger partial charge on any atom is 0.123 e. The number of para-hydroxylation sites is 2. The quantitative estimate of drug-likeness (QED) is 0.0853. The topological polar surface area (TPSA) is 44.2 Å². The van der Waals surface area contributed by atoms with Crippen LogP contribution in [0.5, 0.6) is 11.5 Å². The Morgan fingerprint density at radius 3 is 1.38 bits per heavy atom. The summed E-state index contributed by atoms with van der Waals surface area (Å²) in [5.41, 5.74) is 6.61. The van der Waals surface area contributed by atoms with Crippen LogP contribution in [0.3, 0.4) is 0 Å². The summed E-state index contributed by atoms with van der Waals surface area (Å²) in [5.74, 6) is 1.66. The third-order valence-corrected chi connectivity index (χ3v) is 10.4. The van der Waals surface area contributed by atoms with Crippen molar-refractivity contribution >= 4 is 122 Å². The van der Waals surface area contributed by atoms with Crippen LogP contribution in [0.4, 0.5) is 0 Å². The minimum Gasteiger partial charge on any atom is -0.493 e. The zero-order chi connectivity index (χ0) is 36.1. The Hall–Kier alpha value is -4.34. The molecule has 4 nitrogen and oxygen atoms in total. The second-order valence-corrected chi connectivity index (χ2v) is 14.2. The van der Waals surface area contributed by atoms with Crippen molar-refractivity contribution in [3.8, 4) is 22.6 Å². The van der Waals surface area contributed by atoms with Gasteiger partial charge in [0, 0.05) is 28.2 Å². The van der Waals surface area contributed by atoms with Crippen molar-refractivity contribution < 1.29 is 9.47 Å². The van der Waals surface area contributed by atoms with Crippen LogP contribution in [0.2, 0.25) is 0 Å². The zero-order valence-corrected chi connectivity index (χ0v) is 38.9. The predicted octanol–water partition coefficient (Wildman–Crippen LogP) is 15.0. The fourth-order valence-electron chi connectivity index (χ4n) is 7.56. The van der Waals surface area contributed by atoms with Crippen LogP contribution >= 0.6 is 67.9 Å². The van der Waals surface area contributed by atoms with Crippen LogP contribution < -0.4 is 9.47 Å². The summed E-state index contributed by atoms with van der Waals surface area (Å²) < 4.78 is 12.9. The van der Waals surface area contributed by atoms with Crippen molar-refractivity contribution in [3.63, 3.8) is 0 Å². The molecule has 0 aliphatic heterocycles. The van der Waals surface area contributed by atoms with E-state index < -0.39 is 0 Å². The summed E-state index contributed by atoms with van der Waals surface area (Å²) in [5, 5.41) is 9.78. The second kappa shape index (κ2) is 21.1. The number of hydrogen-bond donors (Lipinski definition) is 0. The highest BCUT2D eigenvalue weighted by Crippen LogP contribution is 2.37. The third kappa shape index (κ3) is 10.4. The van der Waals surface area contributed by atoms with E-state index in [1.807, 2.05) is 18.2 Å². The Balaban J connectivity index is 0.00000160. The second-order valence-electron chi connectivity index (χ2n) is 14.2. The van der Waals surface area contributed by atoms with Gasteiger partial charge in [0.25, 0.3) is 0 Å². The lowest BCUT2D eigenvalue weighted by molar-refractivity contribution is 0.292. The molecule has 0 saturated carbocycles. The predicted molar refractivity (Wildman–Crippen MR) is 266 cm³/mol. The first kappa shape index (κ1) is 44.8. The van der Waals surface area contributed by atoms with E-state index in [1.54, 1.807) is 0 Å². The van der Waals surface area contributed by atoms with E-state index >= 15 is 0 Å². The van der Waals surface area contributed by atoms with Gasteiger partial charge in [-0.15, -0.1) is 67.9 Å². The summed E-state index contributed by atoms with van der Waals surface area (Å²) in [6.07, 6.45) is 5.74. The number of unbranched alkanes of at least 4 members (excludes halogenated alkanes) is 2. The van der Waals surface area contributed by atoms with Crippen molar-refractivity contribution in [3.05, 3.63) is 169 Å². The number of pyridine rings is 2. The van der Waals surface area contributed by atoms with Gasteiger partial charge in [-0.1, -0.05) is 91.0 Å². The molecule has 9 rings (SSSR count). The molecular weight excluding hydrogens is 980 g/mol. The fraction of sp³-hybridized carbons (Fsp3) is 0.160. The Morgan fingerprint density at radius 2 is 0.828 bits per heavy atom. The number of benzene rings is 7. The van der Waals surface area contributed by atoms with Crippen molar-refractivity contribution in [1.29, 1.82) is 0 Å². The molecule has 0 unspecified atom stereocenters. The van der Waals surface area contributed by atoms with E-state index in [4.69, 9.17) is 19.4 Å². The smallest absolute Gasteiger partial charge is 0.123 e. The largest absolute Gasteiger partial charge is 0.493 e. The molecule has 7 aromatic carbocycles. The van der Waals surface area contributed by atoms with Crippen molar-refractivity contribution in [2.24, 2.45) is 0 Å². The molecule has 0 radical (unpaired) electrons. The number of fused-ring (bicyclic) bond motifs is 5. The number of aromatic nitrogens is 2. The van der Waals surface area contributed by atoms with Crippen LogP contribution in [0.15, 0.2) is 158 Å². The van der Waals surface area contributed by atoms with Gasteiger partial charge in [0.05, 0.1) is 24.2 Å². The summed E-state index contributed by atoms with van der Waals surface area (Å²) in [6.45, 7) is 1.25. The van der Waals surface area contributed by atoms with Crippen molar-refractivity contribution in [1.82, 2.24) is 9.97 Å². The molecule has 0 amide bonds. The van der Waals surface area contributed by atoms with Gasteiger partial charge in [0.1, 0.15) is 11.5 Å². The number of ether oxygens (including phenoxy) is 2. The average molecular weight is 1030 g/mol. The number of nitrogens with zero attached hydrogens (tertiary/aromatic N) is 2. The number of halogens is 4. The maximum atomic E-state index is 6.46. The van der Waals surface area contributed by atoms with E-state index in [2.05, 4.69) is 140 Å². The van der Waals surface area contributed by atoms with Crippen LogP contribution in [0.25, 0.3) is 65.3 Å². The van der Waals surface area contributed by atoms with Gasteiger partial charge in [-0.2, -0.15) is 0 Å². The summed E-state index contributed by atoms with van der Waals surface area (Å²) >= 11 is 0. The van der Waals surface area contributed by atoms with Crippen LogP contribution in [-0.4, -0.2) is 23.2 Å². The lowest BCUT2D eigenvalue weighted by Crippen LogP contribution is -2.02.